The Kier molecular flexibility index (Phi) is 5.72. The molecule has 1 saturated heterocycles. The summed E-state index contributed by atoms with van der Waals surface area (Å²) in [6.45, 7) is 11.0. The number of aromatic nitrogens is 2. The van der Waals surface area contributed by atoms with Crippen molar-refractivity contribution in [2.24, 2.45) is 0 Å². The molecule has 0 bridgehead atoms. The first-order chi connectivity index (χ1) is 14.1. The Morgan fingerprint density at radius 1 is 1.31 bits per heavy atom. The van der Waals surface area contributed by atoms with E-state index >= 15 is 0 Å². The first-order valence-corrected chi connectivity index (χ1v) is 10.6. The van der Waals surface area contributed by atoms with Crippen LogP contribution in [0.15, 0.2) is 28.7 Å². The maximum absolute atomic E-state index is 12.8. The Morgan fingerprint density at radius 2 is 1.97 bits per heavy atom. The van der Waals surface area contributed by atoms with Gasteiger partial charge in [-0.05, 0) is 37.5 Å². The molecule has 152 valence electrons. The molecule has 0 atom stereocenters. The molecule has 1 aromatic carbocycles. The van der Waals surface area contributed by atoms with Gasteiger partial charge in [-0.3, -0.25) is 4.68 Å². The van der Waals surface area contributed by atoms with Crippen LogP contribution in [-0.4, -0.2) is 41.4 Å². The maximum atomic E-state index is 12.8. The molecule has 2 aliphatic rings. The third kappa shape index (κ3) is 3.82. The molecular weight excluding hydrogens is 438 g/mol. The maximum Gasteiger partial charge on any atom is 0.345 e. The Labute approximate surface area is 177 Å². The molecule has 0 radical (unpaired) electrons. The van der Waals surface area contributed by atoms with Gasteiger partial charge in [0, 0.05) is 17.3 Å². The van der Waals surface area contributed by atoms with Crippen molar-refractivity contribution in [3.8, 4) is 11.3 Å². The molecule has 1 spiro atoms. The Hall–Kier alpha value is -2.21. The third-order valence-electron chi connectivity index (χ3n) is 5.46. The second-order valence-corrected chi connectivity index (χ2v) is 8.08. The fraction of sp³-hybridized carbons (Fsp3) is 0.476. The monoisotopic (exact) mass is 459 g/mol. The lowest BCUT2D eigenvalue weighted by Crippen LogP contribution is -2.36. The van der Waals surface area contributed by atoms with Crippen molar-refractivity contribution in [3.63, 3.8) is 0 Å². The topological polar surface area (TPSA) is 66.9 Å². The molecule has 2 heterocycles. The summed E-state index contributed by atoms with van der Waals surface area (Å²) < 4.78 is 19.5. The van der Waals surface area contributed by atoms with Gasteiger partial charge < -0.3 is 14.2 Å². The van der Waals surface area contributed by atoms with E-state index in [4.69, 9.17) is 25.9 Å². The molecular formula is C21H22BrN3O4. The molecule has 1 aliphatic heterocycles. The van der Waals surface area contributed by atoms with Crippen molar-refractivity contribution in [3.05, 3.63) is 45.8 Å². The smallest absolute Gasteiger partial charge is 0.345 e. The largest absolute Gasteiger partial charge is 0.462 e. The summed E-state index contributed by atoms with van der Waals surface area (Å²) in [5.74, 6) is -1.01. The molecule has 1 aromatic heterocycles. The molecule has 4 rings (SSSR count). The van der Waals surface area contributed by atoms with Gasteiger partial charge in [-0.1, -0.05) is 28.1 Å². The van der Waals surface area contributed by atoms with E-state index in [2.05, 4.69) is 20.8 Å². The molecule has 0 unspecified atom stereocenters. The van der Waals surface area contributed by atoms with E-state index in [1.165, 1.54) is 0 Å². The predicted molar refractivity (Wildman–Crippen MR) is 110 cm³/mol. The van der Waals surface area contributed by atoms with E-state index in [0.717, 1.165) is 35.7 Å². The van der Waals surface area contributed by atoms with Gasteiger partial charge in [0.2, 0.25) is 5.69 Å². The van der Waals surface area contributed by atoms with Crippen molar-refractivity contribution < 1.29 is 19.0 Å². The molecule has 2 aromatic rings. The van der Waals surface area contributed by atoms with Crippen LogP contribution < -0.4 is 0 Å². The summed E-state index contributed by atoms with van der Waals surface area (Å²) in [5.41, 5.74) is 1.76. The number of carbonyl (C=O) groups excluding carboxylic acids is 1. The van der Waals surface area contributed by atoms with E-state index < -0.39 is 11.8 Å². The van der Waals surface area contributed by atoms with Crippen LogP contribution in [0.5, 0.6) is 0 Å². The number of hydrogen-bond acceptors (Lipinski definition) is 5. The van der Waals surface area contributed by atoms with Crippen molar-refractivity contribution in [1.82, 2.24) is 9.78 Å². The van der Waals surface area contributed by atoms with Crippen LogP contribution >= 0.6 is 15.9 Å². The number of rotatable bonds is 4. The summed E-state index contributed by atoms with van der Waals surface area (Å²) >= 11 is 3.43. The first kappa shape index (κ1) is 20.1. The molecule has 29 heavy (non-hydrogen) atoms. The highest BCUT2D eigenvalue weighted by atomic mass is 79.9. The van der Waals surface area contributed by atoms with Crippen LogP contribution in [0.1, 0.15) is 49.1 Å². The summed E-state index contributed by atoms with van der Waals surface area (Å²) in [6.07, 6.45) is 2.98. The van der Waals surface area contributed by atoms with Gasteiger partial charge in [-0.2, -0.15) is 5.10 Å². The second kappa shape index (κ2) is 8.27. The minimum Gasteiger partial charge on any atom is -0.462 e. The summed E-state index contributed by atoms with van der Waals surface area (Å²) in [7, 11) is 0. The predicted octanol–water partition coefficient (Wildman–Crippen LogP) is 4.90. The minimum atomic E-state index is -0.511. The van der Waals surface area contributed by atoms with E-state index in [1.807, 2.05) is 24.3 Å². The van der Waals surface area contributed by atoms with Gasteiger partial charge >= 0.3 is 5.97 Å². The quantitative estimate of drug-likeness (QED) is 0.480. The van der Waals surface area contributed by atoms with E-state index in [0.29, 0.717) is 18.9 Å². The first-order valence-electron chi connectivity index (χ1n) is 9.78. The Balaban J connectivity index is 1.73. The molecule has 0 amide bonds. The number of halogens is 1. The van der Waals surface area contributed by atoms with Crippen LogP contribution in [0.4, 0.5) is 5.69 Å². The molecule has 1 aliphatic carbocycles. The average Bonchev–Trinajstić information content (AvgIpc) is 3.34. The zero-order valence-corrected chi connectivity index (χ0v) is 17.8. The van der Waals surface area contributed by atoms with Gasteiger partial charge in [-0.25, -0.2) is 9.64 Å². The van der Waals surface area contributed by atoms with Gasteiger partial charge in [0.1, 0.15) is 0 Å². The Bertz CT molecular complexity index is 932. The molecule has 2 fully saturated rings. The highest BCUT2D eigenvalue weighted by Crippen LogP contribution is 2.43. The number of esters is 1. The molecule has 8 heteroatoms. The lowest BCUT2D eigenvalue weighted by atomic mass is 9.90. The molecule has 0 N–H and O–H groups in total. The minimum absolute atomic E-state index is 0.0162. The fourth-order valence-electron chi connectivity index (χ4n) is 4.06. The number of benzene rings is 1. The molecule has 7 nitrogen and oxygen atoms in total. The number of carbonyl (C=O) groups is 1. The average molecular weight is 460 g/mol. The number of ether oxygens (including phenoxy) is 3. The van der Waals surface area contributed by atoms with Crippen LogP contribution in [0.2, 0.25) is 0 Å². The normalized spacial score (nSPS) is 18.7. The van der Waals surface area contributed by atoms with Crippen molar-refractivity contribution in [2.45, 2.75) is 44.4 Å². The fourth-order valence-corrected chi connectivity index (χ4v) is 4.32. The van der Waals surface area contributed by atoms with Crippen molar-refractivity contribution in [2.75, 3.05) is 19.8 Å². The lowest BCUT2D eigenvalue weighted by molar-refractivity contribution is -0.181. The van der Waals surface area contributed by atoms with Crippen LogP contribution in [0, 0.1) is 6.57 Å². The highest BCUT2D eigenvalue weighted by Gasteiger charge is 2.42. The number of hydrogen-bond donors (Lipinski definition) is 0. The van der Waals surface area contributed by atoms with E-state index in [-0.39, 0.29) is 24.0 Å². The van der Waals surface area contributed by atoms with E-state index in [1.54, 1.807) is 11.6 Å². The Morgan fingerprint density at radius 3 is 2.55 bits per heavy atom. The summed E-state index contributed by atoms with van der Waals surface area (Å²) in [4.78, 5) is 16.4. The number of nitrogens with zero attached hydrogens (tertiary/aromatic N) is 3. The van der Waals surface area contributed by atoms with Crippen LogP contribution in [0.25, 0.3) is 16.1 Å². The standard InChI is InChI=1S/C21H22BrN3O4/c1-3-27-20(26)19-18(23-2)17(14-4-6-15(22)7-5-14)24-25(19)16-8-10-21(11-9-16)28-12-13-29-21/h4-7,16H,3,8-13H2,1H3. The highest BCUT2D eigenvalue weighted by molar-refractivity contribution is 9.10. The third-order valence-corrected chi connectivity index (χ3v) is 5.99. The SMILES string of the molecule is [C-]#[N+]c1c(-c2ccc(Br)cc2)nn(C2CCC3(CC2)OCCO3)c1C(=O)OCC. The zero-order valence-electron chi connectivity index (χ0n) is 16.2. The molecule has 1 saturated carbocycles. The van der Waals surface area contributed by atoms with Crippen molar-refractivity contribution >= 4 is 27.6 Å². The van der Waals surface area contributed by atoms with Gasteiger partial charge in [-0.15, -0.1) is 0 Å². The summed E-state index contributed by atoms with van der Waals surface area (Å²) in [6, 6.07) is 7.54. The summed E-state index contributed by atoms with van der Waals surface area (Å²) in [5, 5.41) is 4.73. The van der Waals surface area contributed by atoms with Gasteiger partial charge in [0.05, 0.1) is 38.1 Å². The van der Waals surface area contributed by atoms with Crippen molar-refractivity contribution in [1.29, 1.82) is 0 Å². The zero-order chi connectivity index (χ0) is 20.4. The van der Waals surface area contributed by atoms with E-state index in [9.17, 15) is 4.79 Å². The van der Waals surface area contributed by atoms with Gasteiger partial charge in [0.25, 0.3) is 0 Å². The van der Waals surface area contributed by atoms with Crippen LogP contribution in [-0.2, 0) is 14.2 Å². The van der Waals surface area contributed by atoms with Gasteiger partial charge in [0.15, 0.2) is 11.5 Å². The second-order valence-electron chi connectivity index (χ2n) is 7.17. The lowest BCUT2D eigenvalue weighted by Gasteiger charge is -2.35. The van der Waals surface area contributed by atoms with Crippen LogP contribution in [0.3, 0.4) is 0 Å².